The molecule has 0 fully saturated rings. The van der Waals surface area contributed by atoms with Gasteiger partial charge in [0.25, 0.3) is 0 Å². The molecule has 1 aromatic carbocycles. The summed E-state index contributed by atoms with van der Waals surface area (Å²) in [5.74, 6) is 0.686. The average molecular weight is 271 g/mol. The van der Waals surface area contributed by atoms with Crippen LogP contribution in [-0.2, 0) is 13.0 Å². The molecule has 0 aliphatic heterocycles. The van der Waals surface area contributed by atoms with Gasteiger partial charge in [-0.3, -0.25) is 0 Å². The van der Waals surface area contributed by atoms with E-state index in [-0.39, 0.29) is 6.04 Å². The van der Waals surface area contributed by atoms with Gasteiger partial charge in [0.15, 0.2) is 0 Å². The maximum absolute atomic E-state index is 6.31. The standard InChI is InChI=1S/C17H25N3/c1-12(2)9-15-5-7-16(8-6-15)17(18)10-20-11-19-13(3)14(20)4/h5-8,11-12,17H,9-10,18H2,1-4H3. The van der Waals surface area contributed by atoms with Crippen LogP contribution in [0.1, 0.15) is 42.4 Å². The quantitative estimate of drug-likeness (QED) is 0.905. The van der Waals surface area contributed by atoms with E-state index in [0.29, 0.717) is 5.92 Å². The Morgan fingerprint density at radius 3 is 2.30 bits per heavy atom. The van der Waals surface area contributed by atoms with Crippen LogP contribution in [-0.4, -0.2) is 9.55 Å². The predicted octanol–water partition coefficient (Wildman–Crippen LogP) is 3.40. The fourth-order valence-electron chi connectivity index (χ4n) is 2.42. The summed E-state index contributed by atoms with van der Waals surface area (Å²) in [5, 5.41) is 0. The largest absolute Gasteiger partial charge is 0.333 e. The van der Waals surface area contributed by atoms with Crippen LogP contribution in [0.25, 0.3) is 0 Å². The van der Waals surface area contributed by atoms with Crippen molar-refractivity contribution in [1.29, 1.82) is 0 Å². The lowest BCUT2D eigenvalue weighted by Crippen LogP contribution is -2.18. The normalized spacial score (nSPS) is 12.9. The SMILES string of the molecule is Cc1ncn(CC(N)c2ccc(CC(C)C)cc2)c1C. The van der Waals surface area contributed by atoms with Gasteiger partial charge in [-0.15, -0.1) is 0 Å². The molecule has 20 heavy (non-hydrogen) atoms. The lowest BCUT2D eigenvalue weighted by atomic mass is 9.99. The van der Waals surface area contributed by atoms with Crippen molar-refractivity contribution < 1.29 is 0 Å². The first-order valence-electron chi connectivity index (χ1n) is 7.30. The van der Waals surface area contributed by atoms with Crippen molar-refractivity contribution in [1.82, 2.24) is 9.55 Å². The smallest absolute Gasteiger partial charge is 0.0952 e. The summed E-state index contributed by atoms with van der Waals surface area (Å²) in [6, 6.07) is 8.71. The highest BCUT2D eigenvalue weighted by Crippen LogP contribution is 2.17. The summed E-state index contributed by atoms with van der Waals surface area (Å²) in [5.41, 5.74) is 11.1. The third kappa shape index (κ3) is 3.48. The molecule has 1 aromatic heterocycles. The first-order valence-corrected chi connectivity index (χ1v) is 7.30. The molecule has 0 aliphatic carbocycles. The zero-order chi connectivity index (χ0) is 14.7. The molecule has 2 N–H and O–H groups in total. The topological polar surface area (TPSA) is 43.8 Å². The third-order valence-electron chi connectivity index (χ3n) is 3.79. The molecule has 1 heterocycles. The number of hydrogen-bond donors (Lipinski definition) is 1. The monoisotopic (exact) mass is 271 g/mol. The number of aryl methyl sites for hydroxylation is 1. The number of hydrogen-bond acceptors (Lipinski definition) is 2. The van der Waals surface area contributed by atoms with E-state index in [1.807, 2.05) is 13.3 Å². The summed E-state index contributed by atoms with van der Waals surface area (Å²) in [7, 11) is 0. The average Bonchev–Trinajstić information content (AvgIpc) is 2.71. The van der Waals surface area contributed by atoms with Crippen molar-refractivity contribution in [2.24, 2.45) is 11.7 Å². The molecule has 2 aromatic rings. The van der Waals surface area contributed by atoms with Crippen molar-refractivity contribution in [3.05, 3.63) is 53.1 Å². The molecule has 2 rings (SSSR count). The highest BCUT2D eigenvalue weighted by Gasteiger charge is 2.10. The minimum absolute atomic E-state index is 0.00963. The molecule has 1 atom stereocenters. The summed E-state index contributed by atoms with van der Waals surface area (Å²) in [6.07, 6.45) is 2.99. The zero-order valence-corrected chi connectivity index (χ0v) is 12.9. The number of aromatic nitrogens is 2. The second-order valence-corrected chi connectivity index (χ2v) is 6.01. The van der Waals surface area contributed by atoms with Gasteiger partial charge >= 0.3 is 0 Å². The fourth-order valence-corrected chi connectivity index (χ4v) is 2.42. The number of benzene rings is 1. The fraction of sp³-hybridized carbons (Fsp3) is 0.471. The van der Waals surface area contributed by atoms with Crippen LogP contribution < -0.4 is 5.73 Å². The van der Waals surface area contributed by atoms with Crippen LogP contribution in [0.2, 0.25) is 0 Å². The van der Waals surface area contributed by atoms with Crippen LogP contribution >= 0.6 is 0 Å². The Bertz CT molecular complexity index is 552. The molecule has 0 amide bonds. The summed E-state index contributed by atoms with van der Waals surface area (Å²) in [4.78, 5) is 4.32. The van der Waals surface area contributed by atoms with Gasteiger partial charge in [0.1, 0.15) is 0 Å². The zero-order valence-electron chi connectivity index (χ0n) is 12.9. The molecule has 0 aliphatic rings. The lowest BCUT2D eigenvalue weighted by Gasteiger charge is -2.15. The van der Waals surface area contributed by atoms with Gasteiger partial charge in [-0.1, -0.05) is 38.1 Å². The Morgan fingerprint density at radius 1 is 1.15 bits per heavy atom. The van der Waals surface area contributed by atoms with Gasteiger partial charge in [-0.05, 0) is 37.3 Å². The Hall–Kier alpha value is -1.61. The molecule has 0 spiro atoms. The van der Waals surface area contributed by atoms with Gasteiger partial charge < -0.3 is 10.3 Å². The number of rotatable bonds is 5. The molecule has 0 bridgehead atoms. The maximum Gasteiger partial charge on any atom is 0.0952 e. The predicted molar refractivity (Wildman–Crippen MR) is 83.6 cm³/mol. The maximum atomic E-state index is 6.31. The minimum Gasteiger partial charge on any atom is -0.333 e. The molecule has 3 nitrogen and oxygen atoms in total. The molecule has 0 saturated heterocycles. The van der Waals surface area contributed by atoms with E-state index in [2.05, 4.69) is 54.6 Å². The number of nitrogens with two attached hydrogens (primary N) is 1. The first-order chi connectivity index (χ1) is 9.47. The summed E-state index contributed by atoms with van der Waals surface area (Å²) < 4.78 is 2.13. The van der Waals surface area contributed by atoms with Crippen molar-refractivity contribution in [2.75, 3.05) is 0 Å². The summed E-state index contributed by atoms with van der Waals surface area (Å²) >= 11 is 0. The third-order valence-corrected chi connectivity index (χ3v) is 3.79. The summed E-state index contributed by atoms with van der Waals surface area (Å²) in [6.45, 7) is 9.36. The molecule has 0 radical (unpaired) electrons. The Morgan fingerprint density at radius 2 is 1.80 bits per heavy atom. The van der Waals surface area contributed by atoms with E-state index in [1.54, 1.807) is 0 Å². The molecular formula is C17H25N3. The van der Waals surface area contributed by atoms with E-state index in [4.69, 9.17) is 5.73 Å². The van der Waals surface area contributed by atoms with Crippen molar-refractivity contribution in [3.63, 3.8) is 0 Å². The Kier molecular flexibility index (Phi) is 4.61. The van der Waals surface area contributed by atoms with Crippen molar-refractivity contribution >= 4 is 0 Å². The highest BCUT2D eigenvalue weighted by molar-refractivity contribution is 5.25. The van der Waals surface area contributed by atoms with Gasteiger partial charge in [0.05, 0.1) is 12.0 Å². The first kappa shape index (κ1) is 14.8. The van der Waals surface area contributed by atoms with E-state index >= 15 is 0 Å². The van der Waals surface area contributed by atoms with Crippen LogP contribution in [0, 0.1) is 19.8 Å². The molecule has 108 valence electrons. The molecule has 1 unspecified atom stereocenters. The highest BCUT2D eigenvalue weighted by atomic mass is 15.1. The van der Waals surface area contributed by atoms with Gasteiger partial charge in [-0.25, -0.2) is 4.98 Å². The molecule has 0 saturated carbocycles. The second kappa shape index (κ2) is 6.23. The minimum atomic E-state index is 0.00963. The Labute approximate surface area is 121 Å². The molecular weight excluding hydrogens is 246 g/mol. The van der Waals surface area contributed by atoms with E-state index in [0.717, 1.165) is 18.7 Å². The van der Waals surface area contributed by atoms with E-state index in [9.17, 15) is 0 Å². The molecule has 3 heteroatoms. The van der Waals surface area contributed by atoms with Gasteiger partial charge in [-0.2, -0.15) is 0 Å². The van der Waals surface area contributed by atoms with E-state index in [1.165, 1.54) is 16.8 Å². The van der Waals surface area contributed by atoms with Crippen molar-refractivity contribution in [2.45, 2.75) is 46.7 Å². The number of nitrogens with zero attached hydrogens (tertiary/aromatic N) is 2. The second-order valence-electron chi connectivity index (χ2n) is 6.01. The van der Waals surface area contributed by atoms with Crippen molar-refractivity contribution in [3.8, 4) is 0 Å². The van der Waals surface area contributed by atoms with Crippen LogP contribution in [0.15, 0.2) is 30.6 Å². The van der Waals surface area contributed by atoms with E-state index < -0.39 is 0 Å². The lowest BCUT2D eigenvalue weighted by molar-refractivity contribution is 0.566. The van der Waals surface area contributed by atoms with Crippen LogP contribution in [0.4, 0.5) is 0 Å². The van der Waals surface area contributed by atoms with Crippen LogP contribution in [0.5, 0.6) is 0 Å². The van der Waals surface area contributed by atoms with Crippen LogP contribution in [0.3, 0.4) is 0 Å². The van der Waals surface area contributed by atoms with Gasteiger partial charge in [0, 0.05) is 18.3 Å². The number of imidazole rings is 1. The van der Waals surface area contributed by atoms with Gasteiger partial charge in [0.2, 0.25) is 0 Å². The Balaban J connectivity index is 2.05.